The number of esters is 1. The van der Waals surface area contributed by atoms with Gasteiger partial charge in [0.15, 0.2) is 11.6 Å². The highest BCUT2D eigenvalue weighted by molar-refractivity contribution is 6.18. The third-order valence-corrected chi connectivity index (χ3v) is 7.03. The summed E-state index contributed by atoms with van der Waals surface area (Å²) in [5.41, 5.74) is -1.52. The second kappa shape index (κ2) is 14.1. The fourth-order valence-electron chi connectivity index (χ4n) is 4.77. The molecule has 2 N–H and O–H groups in total. The number of anilines is 1. The van der Waals surface area contributed by atoms with Crippen molar-refractivity contribution < 1.29 is 28.7 Å². The minimum absolute atomic E-state index is 0.173. The second-order valence-corrected chi connectivity index (χ2v) is 10.5. The van der Waals surface area contributed by atoms with Gasteiger partial charge in [0.25, 0.3) is 0 Å². The van der Waals surface area contributed by atoms with Gasteiger partial charge in [-0.25, -0.2) is 0 Å². The Morgan fingerprint density at radius 1 is 1.08 bits per heavy atom. The summed E-state index contributed by atoms with van der Waals surface area (Å²) < 4.78 is 11.2. The molecule has 2 rings (SSSR count). The van der Waals surface area contributed by atoms with Crippen molar-refractivity contribution in [2.24, 2.45) is 5.41 Å². The third kappa shape index (κ3) is 7.34. The van der Waals surface area contributed by atoms with Gasteiger partial charge in [0.2, 0.25) is 5.91 Å². The van der Waals surface area contributed by atoms with Gasteiger partial charge in [0, 0.05) is 63.1 Å². The highest BCUT2D eigenvalue weighted by Gasteiger charge is 2.60. The smallest absolute Gasteiger partial charge is 0.311 e. The van der Waals surface area contributed by atoms with Crippen LogP contribution in [0.2, 0.25) is 0 Å². The molecule has 0 bridgehead atoms. The van der Waals surface area contributed by atoms with Crippen molar-refractivity contribution in [2.75, 3.05) is 49.9 Å². The molecule has 1 aromatic rings. The Balaban J connectivity index is 2.28. The molecule has 0 spiro atoms. The maximum Gasteiger partial charge on any atom is 0.311 e. The Kier molecular flexibility index (Phi) is 11.8. The molecule has 9 nitrogen and oxygen atoms in total. The van der Waals surface area contributed by atoms with Crippen LogP contribution in [0.1, 0.15) is 34.1 Å². The molecule has 1 amide bonds. The molecular weight excluding hydrogens is 533 g/mol. The van der Waals surface area contributed by atoms with E-state index in [9.17, 15) is 19.2 Å². The van der Waals surface area contributed by atoms with Crippen LogP contribution in [0.25, 0.3) is 0 Å². The number of methoxy groups -OCH3 is 1. The van der Waals surface area contributed by atoms with E-state index < -0.39 is 23.0 Å². The zero-order valence-corrected chi connectivity index (χ0v) is 24.1. The largest absolute Gasteiger partial charge is 0.427 e. The minimum Gasteiger partial charge on any atom is -0.427 e. The average molecular weight is 571 g/mol. The van der Waals surface area contributed by atoms with Crippen LogP contribution in [-0.4, -0.2) is 80.1 Å². The summed E-state index contributed by atoms with van der Waals surface area (Å²) in [4.78, 5) is 53.0. The summed E-state index contributed by atoms with van der Waals surface area (Å²) in [6, 6.07) is 6.98. The predicted octanol–water partition coefficient (Wildman–Crippen LogP) is 2.87. The fraction of sp³-hybridized carbons (Fsp3) is 0.556. The summed E-state index contributed by atoms with van der Waals surface area (Å²) in [7, 11) is 1.35. The second-order valence-electron chi connectivity index (χ2n) is 9.78. The molecule has 11 heteroatoms. The summed E-state index contributed by atoms with van der Waals surface area (Å²) in [5, 5.41) is 5.82. The van der Waals surface area contributed by atoms with Gasteiger partial charge in [-0.05, 0) is 42.8 Å². The molecule has 0 saturated carbocycles. The highest BCUT2D eigenvalue weighted by atomic mass is 35.5. The maximum atomic E-state index is 13.5. The lowest BCUT2D eigenvalue weighted by molar-refractivity contribution is -0.153. The van der Waals surface area contributed by atoms with Crippen LogP contribution in [0, 0.1) is 5.41 Å². The molecule has 1 aliphatic rings. The van der Waals surface area contributed by atoms with Gasteiger partial charge in [0.1, 0.15) is 17.4 Å². The van der Waals surface area contributed by atoms with Crippen molar-refractivity contribution >= 4 is 52.3 Å². The molecule has 210 valence electrons. The quantitative estimate of drug-likeness (QED) is 0.152. The molecule has 0 fully saturated rings. The van der Waals surface area contributed by atoms with E-state index in [4.69, 9.17) is 32.7 Å². The molecule has 0 saturated heterocycles. The lowest BCUT2D eigenvalue weighted by atomic mass is 9.61. The van der Waals surface area contributed by atoms with Gasteiger partial charge in [-0.15, -0.1) is 23.2 Å². The van der Waals surface area contributed by atoms with Crippen LogP contribution in [0.4, 0.5) is 5.69 Å². The first kappa shape index (κ1) is 31.8. The summed E-state index contributed by atoms with van der Waals surface area (Å²) in [6.45, 7) is 8.01. The van der Waals surface area contributed by atoms with Gasteiger partial charge in [-0.3, -0.25) is 24.5 Å². The lowest BCUT2D eigenvalue weighted by Gasteiger charge is -2.50. The molecule has 0 heterocycles. The molecule has 0 radical (unpaired) electrons. The maximum absolute atomic E-state index is 13.5. The number of Topliss-reactive ketones (excluding diaryl/α,β-unsaturated/α-hetero) is 1. The van der Waals surface area contributed by atoms with Gasteiger partial charge >= 0.3 is 5.97 Å². The molecule has 1 aliphatic carbocycles. The number of halogens is 2. The summed E-state index contributed by atoms with van der Waals surface area (Å²) in [6.07, 6.45) is -0.0879. The predicted molar refractivity (Wildman–Crippen MR) is 148 cm³/mol. The Hall–Kier alpha value is -2.46. The molecule has 0 aliphatic heterocycles. The first-order valence-corrected chi connectivity index (χ1v) is 13.5. The van der Waals surface area contributed by atoms with Crippen LogP contribution in [0.3, 0.4) is 0 Å². The number of carbonyl (C=O) groups excluding carboxylic acids is 4. The molecule has 1 aromatic carbocycles. The number of alkyl halides is 2. The van der Waals surface area contributed by atoms with Crippen molar-refractivity contribution in [3.8, 4) is 5.75 Å². The van der Waals surface area contributed by atoms with Crippen LogP contribution in [0.15, 0.2) is 35.9 Å². The SMILES string of the molecule is COC1C(=O)C(C)=CC(=O)C1(NCCNC(C)=O)C(C)(C)CC(=O)Oc1ccc(N(CCCl)CCCl)cc1. The van der Waals surface area contributed by atoms with E-state index in [1.165, 1.54) is 20.1 Å². The van der Waals surface area contributed by atoms with Crippen LogP contribution in [0.5, 0.6) is 5.75 Å². The minimum atomic E-state index is -1.57. The number of carbonyl (C=O) groups is 4. The highest BCUT2D eigenvalue weighted by Crippen LogP contribution is 2.42. The number of hydrogen-bond acceptors (Lipinski definition) is 8. The van der Waals surface area contributed by atoms with Crippen LogP contribution < -0.4 is 20.3 Å². The first-order chi connectivity index (χ1) is 17.9. The molecule has 0 aromatic heterocycles. The fourth-order valence-corrected chi connectivity index (χ4v) is 5.18. The zero-order chi connectivity index (χ0) is 28.5. The number of hydrogen-bond donors (Lipinski definition) is 2. The summed E-state index contributed by atoms with van der Waals surface area (Å²) in [5.74, 6) is -0.314. The van der Waals surface area contributed by atoms with Crippen molar-refractivity contribution in [3.63, 3.8) is 0 Å². The van der Waals surface area contributed by atoms with E-state index in [0.717, 1.165) is 5.69 Å². The Morgan fingerprint density at radius 3 is 2.21 bits per heavy atom. The Bertz CT molecular complexity index is 1040. The van der Waals surface area contributed by atoms with Gasteiger partial charge in [-0.1, -0.05) is 13.8 Å². The molecule has 2 atom stereocenters. The topological polar surface area (TPSA) is 114 Å². The number of ether oxygens (including phenoxy) is 2. The Labute approximate surface area is 234 Å². The van der Waals surface area contributed by atoms with Crippen molar-refractivity contribution in [1.29, 1.82) is 0 Å². The number of nitrogens with zero attached hydrogens (tertiary/aromatic N) is 1. The normalized spacial score (nSPS) is 19.7. The van der Waals surface area contributed by atoms with Gasteiger partial charge in [0.05, 0.1) is 6.42 Å². The van der Waals surface area contributed by atoms with Crippen molar-refractivity contribution in [1.82, 2.24) is 10.6 Å². The number of rotatable bonds is 14. The van der Waals surface area contributed by atoms with Gasteiger partial charge in [-0.2, -0.15) is 0 Å². The van der Waals surface area contributed by atoms with Crippen LogP contribution in [-0.2, 0) is 23.9 Å². The van der Waals surface area contributed by atoms with Crippen molar-refractivity contribution in [3.05, 3.63) is 35.9 Å². The third-order valence-electron chi connectivity index (χ3n) is 6.69. The van der Waals surface area contributed by atoms with E-state index >= 15 is 0 Å². The zero-order valence-electron chi connectivity index (χ0n) is 22.6. The van der Waals surface area contributed by atoms with Crippen LogP contribution >= 0.6 is 23.2 Å². The van der Waals surface area contributed by atoms with E-state index in [-0.39, 0.29) is 42.6 Å². The number of amides is 1. The lowest BCUT2D eigenvalue weighted by Crippen LogP contribution is -2.72. The number of benzene rings is 1. The Morgan fingerprint density at radius 2 is 1.68 bits per heavy atom. The number of nitrogens with one attached hydrogen (secondary N) is 2. The van der Waals surface area contributed by atoms with Crippen molar-refractivity contribution in [2.45, 2.75) is 45.8 Å². The average Bonchev–Trinajstić information content (AvgIpc) is 2.84. The monoisotopic (exact) mass is 569 g/mol. The summed E-state index contributed by atoms with van der Waals surface area (Å²) >= 11 is 11.8. The molecular formula is C27H37Cl2N3O6. The molecule has 38 heavy (non-hydrogen) atoms. The van der Waals surface area contributed by atoms with E-state index in [1.807, 2.05) is 17.0 Å². The van der Waals surface area contributed by atoms with E-state index in [0.29, 0.717) is 30.6 Å². The molecule has 2 unspecified atom stereocenters. The first-order valence-electron chi connectivity index (χ1n) is 12.4. The van der Waals surface area contributed by atoms with E-state index in [2.05, 4.69) is 10.6 Å². The number of ketones is 2. The van der Waals surface area contributed by atoms with E-state index in [1.54, 1.807) is 32.9 Å². The van der Waals surface area contributed by atoms with Gasteiger partial charge < -0.3 is 19.7 Å². The standard InChI is InChI=1S/C27H37Cl2N3O6/c1-18-16-22(34)27(25(37-5)24(18)36,31-13-12-30-19(2)33)26(3,4)17-23(35)38-21-8-6-20(7-9-21)32(14-10-28)15-11-29/h6-9,16,25,31H,10-15,17H2,1-5H3,(H,30,33).